The predicted octanol–water partition coefficient (Wildman–Crippen LogP) is 4.57. The molecular weight excluding hydrogens is 394 g/mol. The summed E-state index contributed by atoms with van der Waals surface area (Å²) >= 11 is 0. The summed E-state index contributed by atoms with van der Waals surface area (Å²) in [5.74, 6) is 3.44. The molecule has 0 aliphatic heterocycles. The summed E-state index contributed by atoms with van der Waals surface area (Å²) in [6, 6.07) is 11.8. The van der Waals surface area contributed by atoms with Crippen molar-refractivity contribution in [1.82, 2.24) is 5.32 Å². The highest BCUT2D eigenvalue weighted by molar-refractivity contribution is 5.56. The molecule has 0 aromatic heterocycles. The van der Waals surface area contributed by atoms with Crippen molar-refractivity contribution in [3.63, 3.8) is 0 Å². The van der Waals surface area contributed by atoms with Gasteiger partial charge in [-0.05, 0) is 63.6 Å². The Bertz CT molecular complexity index is 834. The number of aliphatic hydroxyl groups excluding tert-OH is 1. The van der Waals surface area contributed by atoms with Crippen LogP contribution in [0.4, 0.5) is 0 Å². The number of hydrogen-bond donors (Lipinski definition) is 2. The van der Waals surface area contributed by atoms with Crippen molar-refractivity contribution in [2.24, 2.45) is 5.92 Å². The van der Waals surface area contributed by atoms with Gasteiger partial charge >= 0.3 is 0 Å². The number of nitrogens with one attached hydrogen (secondary N) is 1. The van der Waals surface area contributed by atoms with E-state index in [0.717, 1.165) is 25.0 Å². The molecule has 1 aliphatic carbocycles. The third-order valence-corrected chi connectivity index (χ3v) is 5.57. The van der Waals surface area contributed by atoms with Crippen LogP contribution in [0, 0.1) is 5.92 Å². The molecule has 1 aliphatic rings. The Balaban J connectivity index is 1.64. The maximum atomic E-state index is 10.4. The Morgan fingerprint density at radius 1 is 0.903 bits per heavy atom. The minimum atomic E-state index is -0.285. The van der Waals surface area contributed by atoms with E-state index in [1.54, 1.807) is 33.5 Å². The summed E-state index contributed by atoms with van der Waals surface area (Å²) in [7, 11) is 4.74. The minimum absolute atomic E-state index is 0.00629. The van der Waals surface area contributed by atoms with Crippen molar-refractivity contribution in [3.05, 3.63) is 42.0 Å². The van der Waals surface area contributed by atoms with Crippen LogP contribution < -0.4 is 24.3 Å². The molecule has 0 unspecified atom stereocenters. The zero-order chi connectivity index (χ0) is 22.6. The van der Waals surface area contributed by atoms with Crippen LogP contribution in [0.1, 0.15) is 39.2 Å². The van der Waals surface area contributed by atoms with Crippen LogP contribution in [-0.4, -0.2) is 44.1 Å². The molecule has 3 rings (SSSR count). The van der Waals surface area contributed by atoms with Gasteiger partial charge in [-0.2, -0.15) is 0 Å². The van der Waals surface area contributed by atoms with Crippen LogP contribution in [0.5, 0.6) is 28.7 Å². The van der Waals surface area contributed by atoms with Crippen molar-refractivity contribution < 1.29 is 24.1 Å². The maximum Gasteiger partial charge on any atom is 0.203 e. The SMILES string of the molecule is COc1cc(Oc2ccc(C[C@@H]3C[C@H](NC(C)(C)C)[C@@H](O)C3)cc2)cc(OC)c1OC. The molecule has 0 saturated heterocycles. The number of aliphatic hydroxyl groups is 1. The lowest BCUT2D eigenvalue weighted by molar-refractivity contribution is 0.133. The van der Waals surface area contributed by atoms with E-state index in [1.807, 2.05) is 12.1 Å². The molecule has 2 aromatic rings. The molecule has 0 heterocycles. The van der Waals surface area contributed by atoms with Crippen LogP contribution in [0.15, 0.2) is 36.4 Å². The first-order chi connectivity index (χ1) is 14.7. The van der Waals surface area contributed by atoms with Crippen LogP contribution in [0.3, 0.4) is 0 Å². The van der Waals surface area contributed by atoms with Crippen molar-refractivity contribution in [3.8, 4) is 28.7 Å². The quantitative estimate of drug-likeness (QED) is 0.640. The molecule has 0 bridgehead atoms. The molecule has 0 amide bonds. The Hall–Kier alpha value is -2.44. The largest absolute Gasteiger partial charge is 0.493 e. The lowest BCUT2D eigenvalue weighted by Gasteiger charge is -2.27. The topological polar surface area (TPSA) is 69.2 Å². The van der Waals surface area contributed by atoms with Gasteiger partial charge in [0.2, 0.25) is 5.75 Å². The second kappa shape index (κ2) is 9.79. The third kappa shape index (κ3) is 6.05. The first kappa shape index (κ1) is 23.2. The number of methoxy groups -OCH3 is 3. The fourth-order valence-electron chi connectivity index (χ4n) is 4.28. The van der Waals surface area contributed by atoms with E-state index < -0.39 is 0 Å². The average molecular weight is 430 g/mol. The molecule has 1 saturated carbocycles. The third-order valence-electron chi connectivity index (χ3n) is 5.57. The molecular formula is C25H35NO5. The van der Waals surface area contributed by atoms with E-state index in [2.05, 4.69) is 38.2 Å². The van der Waals surface area contributed by atoms with E-state index in [9.17, 15) is 5.11 Å². The Morgan fingerprint density at radius 3 is 2.03 bits per heavy atom. The van der Waals surface area contributed by atoms with Gasteiger partial charge in [-0.25, -0.2) is 0 Å². The van der Waals surface area contributed by atoms with Gasteiger partial charge in [0.25, 0.3) is 0 Å². The molecule has 2 N–H and O–H groups in total. The number of rotatable bonds is 8. The molecule has 0 spiro atoms. The highest BCUT2D eigenvalue weighted by Crippen LogP contribution is 2.42. The molecule has 6 heteroatoms. The molecule has 2 aromatic carbocycles. The summed E-state index contributed by atoms with van der Waals surface area (Å²) in [5.41, 5.74) is 1.25. The fraction of sp³-hybridized carbons (Fsp3) is 0.520. The fourth-order valence-corrected chi connectivity index (χ4v) is 4.28. The maximum absolute atomic E-state index is 10.4. The Morgan fingerprint density at radius 2 is 1.52 bits per heavy atom. The predicted molar refractivity (Wildman–Crippen MR) is 122 cm³/mol. The molecule has 0 radical (unpaired) electrons. The van der Waals surface area contributed by atoms with E-state index in [1.165, 1.54) is 5.56 Å². The van der Waals surface area contributed by atoms with Gasteiger partial charge in [0.1, 0.15) is 11.5 Å². The van der Waals surface area contributed by atoms with E-state index in [-0.39, 0.29) is 17.7 Å². The van der Waals surface area contributed by atoms with Gasteiger partial charge in [0.15, 0.2) is 11.5 Å². The zero-order valence-electron chi connectivity index (χ0n) is 19.4. The van der Waals surface area contributed by atoms with Crippen LogP contribution in [0.2, 0.25) is 0 Å². The first-order valence-corrected chi connectivity index (χ1v) is 10.7. The second-order valence-electron chi connectivity index (χ2n) is 9.22. The first-order valence-electron chi connectivity index (χ1n) is 10.7. The van der Waals surface area contributed by atoms with Gasteiger partial charge in [0.05, 0.1) is 27.4 Å². The smallest absolute Gasteiger partial charge is 0.203 e. The van der Waals surface area contributed by atoms with Gasteiger partial charge < -0.3 is 29.4 Å². The van der Waals surface area contributed by atoms with Crippen molar-refractivity contribution >= 4 is 0 Å². The summed E-state index contributed by atoms with van der Waals surface area (Å²) in [5, 5.41) is 14.0. The molecule has 170 valence electrons. The lowest BCUT2D eigenvalue weighted by atomic mass is 9.97. The number of ether oxygens (including phenoxy) is 4. The summed E-state index contributed by atoms with van der Waals surface area (Å²) in [4.78, 5) is 0. The summed E-state index contributed by atoms with van der Waals surface area (Å²) < 4.78 is 22.1. The number of benzene rings is 2. The van der Waals surface area contributed by atoms with E-state index >= 15 is 0 Å². The Kier molecular flexibility index (Phi) is 7.34. The second-order valence-corrected chi connectivity index (χ2v) is 9.22. The van der Waals surface area contributed by atoms with Crippen LogP contribution >= 0.6 is 0 Å². The Labute approximate surface area is 185 Å². The standard InChI is InChI=1S/C25H35NO5/c1-25(2,3)26-20-12-17(13-21(20)27)11-16-7-9-18(10-8-16)31-19-14-22(28-4)24(30-6)23(15-19)29-5/h7-10,14-15,17,20-21,26-27H,11-13H2,1-6H3/t17-,20+,21+/m1/s1. The zero-order valence-corrected chi connectivity index (χ0v) is 19.4. The molecule has 31 heavy (non-hydrogen) atoms. The lowest BCUT2D eigenvalue weighted by Crippen LogP contribution is -2.47. The highest BCUT2D eigenvalue weighted by atomic mass is 16.5. The van der Waals surface area contributed by atoms with Gasteiger partial charge in [-0.1, -0.05) is 12.1 Å². The molecule has 1 fully saturated rings. The van der Waals surface area contributed by atoms with Crippen molar-refractivity contribution in [1.29, 1.82) is 0 Å². The highest BCUT2D eigenvalue weighted by Gasteiger charge is 2.34. The minimum Gasteiger partial charge on any atom is -0.493 e. The van der Waals surface area contributed by atoms with Crippen molar-refractivity contribution in [2.45, 2.75) is 57.7 Å². The van der Waals surface area contributed by atoms with Crippen LogP contribution in [-0.2, 0) is 6.42 Å². The van der Waals surface area contributed by atoms with Crippen molar-refractivity contribution in [2.75, 3.05) is 21.3 Å². The van der Waals surface area contributed by atoms with Gasteiger partial charge in [0, 0.05) is 23.7 Å². The number of hydrogen-bond acceptors (Lipinski definition) is 6. The van der Waals surface area contributed by atoms with E-state index in [4.69, 9.17) is 18.9 Å². The summed E-state index contributed by atoms with van der Waals surface area (Å²) in [6.45, 7) is 6.42. The molecule has 3 atom stereocenters. The van der Waals surface area contributed by atoms with Gasteiger partial charge in [-0.15, -0.1) is 0 Å². The van der Waals surface area contributed by atoms with Gasteiger partial charge in [-0.3, -0.25) is 0 Å². The summed E-state index contributed by atoms with van der Waals surface area (Å²) in [6.07, 6.45) is 2.48. The van der Waals surface area contributed by atoms with E-state index in [0.29, 0.717) is 28.9 Å². The average Bonchev–Trinajstić information content (AvgIpc) is 3.05. The molecule has 6 nitrogen and oxygen atoms in total. The normalized spacial score (nSPS) is 21.1. The van der Waals surface area contributed by atoms with Crippen LogP contribution in [0.25, 0.3) is 0 Å². The monoisotopic (exact) mass is 429 g/mol.